The van der Waals surface area contributed by atoms with Crippen molar-refractivity contribution in [1.29, 1.82) is 0 Å². The molecule has 0 aromatic rings. The molecule has 0 aliphatic heterocycles. The fourth-order valence-electron chi connectivity index (χ4n) is 0.442. The predicted molar refractivity (Wildman–Crippen MR) is 54.9 cm³/mol. The first-order valence-electron chi connectivity index (χ1n) is 4.70. The molecule has 0 aliphatic rings. The van der Waals surface area contributed by atoms with Gasteiger partial charge < -0.3 is 9.84 Å². The maximum Gasteiger partial charge on any atom is 0.306 e. The topological polar surface area (TPSA) is 97.7 Å². The number of carbonyl (C=O) groups is 4. The second-order valence-electron chi connectivity index (χ2n) is 2.81. The van der Waals surface area contributed by atoms with Crippen LogP contribution in [0.3, 0.4) is 0 Å². The van der Waals surface area contributed by atoms with Crippen LogP contribution in [0.4, 0.5) is 0 Å². The van der Waals surface area contributed by atoms with E-state index in [4.69, 9.17) is 5.11 Å². The first-order chi connectivity index (χ1) is 7.31. The molecular formula is C10H16O6. The predicted octanol–water partition coefficient (Wildman–Crippen LogP) is 0.579. The van der Waals surface area contributed by atoms with E-state index >= 15 is 0 Å². The highest BCUT2D eigenvalue weighted by Gasteiger charge is 2.04. The Morgan fingerprint density at radius 2 is 1.44 bits per heavy atom. The van der Waals surface area contributed by atoms with Crippen LogP contribution in [0.1, 0.15) is 33.6 Å². The molecule has 0 bridgehead atoms. The molecule has 0 saturated carbocycles. The zero-order chi connectivity index (χ0) is 13.1. The van der Waals surface area contributed by atoms with Gasteiger partial charge in [-0.15, -0.1) is 0 Å². The number of rotatable bonds is 5. The molecule has 0 aliphatic carbocycles. The van der Waals surface area contributed by atoms with Gasteiger partial charge in [0.05, 0.1) is 19.4 Å². The molecule has 0 atom stereocenters. The third-order valence-electron chi connectivity index (χ3n) is 1.34. The van der Waals surface area contributed by atoms with E-state index in [0.717, 1.165) is 0 Å². The Morgan fingerprint density at radius 3 is 1.69 bits per heavy atom. The fraction of sp³-hybridized carbons (Fsp3) is 0.600. The summed E-state index contributed by atoms with van der Waals surface area (Å²) in [6, 6.07) is 0. The first kappa shape index (κ1) is 16.7. The van der Waals surface area contributed by atoms with Gasteiger partial charge in [-0.2, -0.15) is 0 Å². The molecule has 0 radical (unpaired) electrons. The molecule has 92 valence electrons. The smallest absolute Gasteiger partial charge is 0.306 e. The van der Waals surface area contributed by atoms with Gasteiger partial charge in [0.25, 0.3) is 0 Å². The molecule has 0 spiro atoms. The fourth-order valence-corrected chi connectivity index (χ4v) is 0.442. The molecular weight excluding hydrogens is 216 g/mol. The van der Waals surface area contributed by atoms with E-state index in [-0.39, 0.29) is 24.4 Å². The quantitative estimate of drug-likeness (QED) is 0.550. The summed E-state index contributed by atoms with van der Waals surface area (Å²) in [6.45, 7) is 4.49. The van der Waals surface area contributed by atoms with E-state index in [1.165, 1.54) is 13.8 Å². The lowest BCUT2D eigenvalue weighted by atomic mass is 10.3. The Labute approximate surface area is 93.6 Å². The van der Waals surface area contributed by atoms with Gasteiger partial charge in [0.2, 0.25) is 0 Å². The number of ether oxygens (including phenoxy) is 1. The van der Waals surface area contributed by atoms with Crippen LogP contribution in [0.2, 0.25) is 0 Å². The summed E-state index contributed by atoms with van der Waals surface area (Å²) in [6.07, 6.45) is -0.192. The normalized spacial score (nSPS) is 8.44. The molecule has 0 amide bonds. The summed E-state index contributed by atoms with van der Waals surface area (Å²) in [5.74, 6) is -2.19. The highest BCUT2D eigenvalue weighted by Crippen LogP contribution is 1.91. The van der Waals surface area contributed by atoms with Crippen LogP contribution in [-0.4, -0.2) is 35.2 Å². The van der Waals surface area contributed by atoms with Crippen molar-refractivity contribution in [3.63, 3.8) is 0 Å². The number of esters is 1. The second kappa shape index (κ2) is 9.82. The molecule has 0 unspecified atom stereocenters. The number of Topliss-reactive ketones (excluding diaryl/α,β-unsaturated/α-hetero) is 2. The van der Waals surface area contributed by atoms with Gasteiger partial charge in [-0.25, -0.2) is 0 Å². The molecule has 0 saturated heterocycles. The van der Waals surface area contributed by atoms with Crippen LogP contribution in [-0.2, 0) is 23.9 Å². The lowest BCUT2D eigenvalue weighted by molar-refractivity contribution is -0.147. The molecule has 0 aromatic carbocycles. The lowest BCUT2D eigenvalue weighted by Crippen LogP contribution is -2.06. The van der Waals surface area contributed by atoms with Crippen molar-refractivity contribution in [2.45, 2.75) is 33.6 Å². The van der Waals surface area contributed by atoms with Gasteiger partial charge >= 0.3 is 11.9 Å². The maximum absolute atomic E-state index is 10.5. The highest BCUT2D eigenvalue weighted by atomic mass is 16.5. The Bertz CT molecular complexity index is 256. The van der Waals surface area contributed by atoms with Crippen molar-refractivity contribution >= 4 is 23.5 Å². The van der Waals surface area contributed by atoms with Gasteiger partial charge in [0.1, 0.15) is 0 Å². The number of hydrogen-bond donors (Lipinski definition) is 1. The number of hydrogen-bond acceptors (Lipinski definition) is 5. The molecule has 0 rings (SSSR count). The summed E-state index contributed by atoms with van der Waals surface area (Å²) < 4.78 is 4.49. The monoisotopic (exact) mass is 232 g/mol. The minimum absolute atomic E-state index is 0.0385. The van der Waals surface area contributed by atoms with Gasteiger partial charge in [-0.1, -0.05) is 0 Å². The van der Waals surface area contributed by atoms with E-state index in [1.807, 2.05) is 0 Å². The van der Waals surface area contributed by atoms with Crippen molar-refractivity contribution in [1.82, 2.24) is 0 Å². The van der Waals surface area contributed by atoms with Crippen molar-refractivity contribution in [2.24, 2.45) is 0 Å². The molecule has 6 nitrogen and oxygen atoms in total. The van der Waals surface area contributed by atoms with Crippen molar-refractivity contribution in [3.8, 4) is 0 Å². The van der Waals surface area contributed by atoms with Gasteiger partial charge in [0, 0.05) is 13.8 Å². The zero-order valence-electron chi connectivity index (χ0n) is 9.61. The summed E-state index contributed by atoms with van der Waals surface area (Å²) in [5.41, 5.74) is 0. The number of aliphatic carboxylic acids is 1. The Kier molecular flexibility index (Phi) is 10.3. The lowest BCUT2D eigenvalue weighted by Gasteiger charge is -1.97. The Morgan fingerprint density at radius 1 is 1.00 bits per heavy atom. The molecule has 0 fully saturated rings. The summed E-state index contributed by atoms with van der Waals surface area (Å²) in [4.78, 5) is 40.0. The van der Waals surface area contributed by atoms with E-state index < -0.39 is 11.9 Å². The van der Waals surface area contributed by atoms with Crippen LogP contribution in [0.15, 0.2) is 0 Å². The average molecular weight is 232 g/mol. The standard InChI is InChI=1S/C6H10O4.C4H6O2/c1-2-10-6(9)4-3-5(7)8;1-3(5)4(2)6/h2-4H2,1H3,(H,7,8);1-2H3. The number of carboxylic acids is 1. The van der Waals surface area contributed by atoms with Crippen LogP contribution in [0, 0.1) is 0 Å². The van der Waals surface area contributed by atoms with E-state index in [0.29, 0.717) is 6.61 Å². The minimum atomic E-state index is -0.979. The van der Waals surface area contributed by atoms with Crippen LogP contribution >= 0.6 is 0 Å². The highest BCUT2D eigenvalue weighted by molar-refractivity contribution is 6.35. The molecule has 1 N–H and O–H groups in total. The molecule has 16 heavy (non-hydrogen) atoms. The molecule has 0 heterocycles. The largest absolute Gasteiger partial charge is 0.481 e. The Balaban J connectivity index is 0. The van der Waals surface area contributed by atoms with E-state index in [1.54, 1.807) is 6.92 Å². The Hall–Kier alpha value is -1.72. The summed E-state index contributed by atoms with van der Waals surface area (Å²) in [5, 5.41) is 8.12. The van der Waals surface area contributed by atoms with Gasteiger partial charge in [0.15, 0.2) is 11.6 Å². The number of carboxylic acid groups (broad SMARTS) is 1. The first-order valence-corrected chi connectivity index (χ1v) is 4.70. The zero-order valence-corrected chi connectivity index (χ0v) is 9.61. The van der Waals surface area contributed by atoms with Crippen molar-refractivity contribution in [2.75, 3.05) is 6.61 Å². The van der Waals surface area contributed by atoms with Gasteiger partial charge in [-0.05, 0) is 6.92 Å². The van der Waals surface area contributed by atoms with Crippen LogP contribution < -0.4 is 0 Å². The van der Waals surface area contributed by atoms with Crippen LogP contribution in [0.5, 0.6) is 0 Å². The third-order valence-corrected chi connectivity index (χ3v) is 1.34. The molecule has 6 heteroatoms. The van der Waals surface area contributed by atoms with Crippen LogP contribution in [0.25, 0.3) is 0 Å². The molecule has 0 aromatic heterocycles. The maximum atomic E-state index is 10.5. The summed E-state index contributed by atoms with van der Waals surface area (Å²) in [7, 11) is 0. The number of ketones is 2. The third kappa shape index (κ3) is 14.8. The van der Waals surface area contributed by atoms with Crippen molar-refractivity contribution < 1.29 is 29.0 Å². The summed E-state index contributed by atoms with van der Waals surface area (Å²) >= 11 is 0. The average Bonchev–Trinajstić information content (AvgIpc) is 2.16. The SMILES string of the molecule is CC(=O)C(C)=O.CCOC(=O)CCC(=O)O. The van der Waals surface area contributed by atoms with E-state index in [9.17, 15) is 19.2 Å². The minimum Gasteiger partial charge on any atom is -0.481 e. The van der Waals surface area contributed by atoms with Gasteiger partial charge in [-0.3, -0.25) is 19.2 Å². The second-order valence-corrected chi connectivity index (χ2v) is 2.81. The van der Waals surface area contributed by atoms with Crippen molar-refractivity contribution in [3.05, 3.63) is 0 Å². The number of carbonyl (C=O) groups excluding carboxylic acids is 3. The van der Waals surface area contributed by atoms with E-state index in [2.05, 4.69) is 4.74 Å².